The van der Waals surface area contributed by atoms with E-state index in [1.807, 2.05) is 35.2 Å². The molecule has 92 valence electrons. The lowest BCUT2D eigenvalue weighted by molar-refractivity contribution is 0.414. The molecule has 1 aliphatic heterocycles. The number of aliphatic imine (C=N–C) groups is 1. The fourth-order valence-electron chi connectivity index (χ4n) is 1.71. The summed E-state index contributed by atoms with van der Waals surface area (Å²) in [5.74, 6) is 0.818. The molecule has 2 heterocycles. The van der Waals surface area contributed by atoms with Crippen LogP contribution in [0, 0.1) is 0 Å². The van der Waals surface area contributed by atoms with Crippen LogP contribution in [0.2, 0.25) is 0 Å². The molecule has 4 nitrogen and oxygen atoms in total. The Balaban J connectivity index is 2.17. The number of benzene rings is 1. The van der Waals surface area contributed by atoms with Gasteiger partial charge in [0.15, 0.2) is 10.3 Å². The first-order valence-electron chi connectivity index (χ1n) is 5.34. The summed E-state index contributed by atoms with van der Waals surface area (Å²) in [6, 6.07) is 5.91. The fourth-order valence-corrected chi connectivity index (χ4v) is 3.20. The van der Waals surface area contributed by atoms with Crippen LogP contribution < -0.4 is 4.74 Å². The van der Waals surface area contributed by atoms with E-state index in [0.29, 0.717) is 0 Å². The third kappa shape index (κ3) is 1.91. The minimum atomic E-state index is 0.818. The molecule has 1 aromatic carbocycles. The van der Waals surface area contributed by atoms with Gasteiger partial charge in [0, 0.05) is 23.4 Å². The molecule has 0 bridgehead atoms. The van der Waals surface area contributed by atoms with Gasteiger partial charge in [0.25, 0.3) is 0 Å². The molecule has 0 fully saturated rings. The standard InChI is InChI=1S/C12H11N3OS2/c1-16-8-3-4-10-9(7-8)14-12(17-2)15-6-5-13-11(15)18-10/h3-7H,1-2H3. The van der Waals surface area contributed by atoms with E-state index in [2.05, 4.69) is 9.98 Å². The number of imidazole rings is 1. The number of aromatic nitrogens is 2. The van der Waals surface area contributed by atoms with Crippen LogP contribution in [-0.2, 0) is 0 Å². The number of nitrogens with zero attached hydrogens (tertiary/aromatic N) is 3. The maximum atomic E-state index is 5.24. The third-order valence-electron chi connectivity index (χ3n) is 2.58. The van der Waals surface area contributed by atoms with Crippen LogP contribution >= 0.6 is 23.5 Å². The molecule has 1 aromatic heterocycles. The maximum Gasteiger partial charge on any atom is 0.179 e. The number of thioether (sulfide) groups is 1. The fraction of sp³-hybridized carbons (Fsp3) is 0.167. The highest BCUT2D eigenvalue weighted by atomic mass is 32.2. The van der Waals surface area contributed by atoms with Crippen molar-refractivity contribution in [3.05, 3.63) is 30.6 Å². The second-order valence-electron chi connectivity index (χ2n) is 3.61. The molecule has 0 N–H and O–H groups in total. The van der Waals surface area contributed by atoms with Gasteiger partial charge in [-0.2, -0.15) is 0 Å². The van der Waals surface area contributed by atoms with Crippen molar-refractivity contribution < 1.29 is 4.74 Å². The van der Waals surface area contributed by atoms with Crippen LogP contribution in [0.15, 0.2) is 45.6 Å². The lowest BCUT2D eigenvalue weighted by Crippen LogP contribution is -2.05. The summed E-state index contributed by atoms with van der Waals surface area (Å²) in [5.41, 5.74) is 0.925. The minimum Gasteiger partial charge on any atom is -0.497 e. The van der Waals surface area contributed by atoms with Gasteiger partial charge in [-0.25, -0.2) is 9.98 Å². The molecule has 1 aliphatic rings. The van der Waals surface area contributed by atoms with Gasteiger partial charge in [-0.05, 0) is 30.2 Å². The first-order valence-corrected chi connectivity index (χ1v) is 7.38. The molecule has 0 aliphatic carbocycles. The average molecular weight is 277 g/mol. The molecule has 0 spiro atoms. The van der Waals surface area contributed by atoms with Crippen LogP contribution in [0.3, 0.4) is 0 Å². The van der Waals surface area contributed by atoms with Crippen molar-refractivity contribution in [3.8, 4) is 5.75 Å². The second kappa shape index (κ2) is 4.70. The molecule has 0 radical (unpaired) electrons. The van der Waals surface area contributed by atoms with Crippen LogP contribution in [0.1, 0.15) is 0 Å². The van der Waals surface area contributed by atoms with Crippen molar-refractivity contribution in [2.24, 2.45) is 4.99 Å². The zero-order chi connectivity index (χ0) is 12.5. The lowest BCUT2D eigenvalue weighted by atomic mass is 10.3. The minimum absolute atomic E-state index is 0.818. The van der Waals surface area contributed by atoms with E-state index in [1.54, 1.807) is 36.8 Å². The lowest BCUT2D eigenvalue weighted by Gasteiger charge is -2.04. The van der Waals surface area contributed by atoms with Crippen LogP contribution in [-0.4, -0.2) is 28.1 Å². The monoisotopic (exact) mass is 277 g/mol. The smallest absolute Gasteiger partial charge is 0.179 e. The molecule has 0 unspecified atom stereocenters. The van der Waals surface area contributed by atoms with Gasteiger partial charge in [0.1, 0.15) is 5.75 Å². The molecule has 0 amide bonds. The van der Waals surface area contributed by atoms with Gasteiger partial charge in [0.05, 0.1) is 12.8 Å². The van der Waals surface area contributed by atoms with Crippen LogP contribution in [0.4, 0.5) is 5.69 Å². The topological polar surface area (TPSA) is 39.4 Å². The van der Waals surface area contributed by atoms with Crippen molar-refractivity contribution in [1.29, 1.82) is 0 Å². The summed E-state index contributed by atoms with van der Waals surface area (Å²) in [4.78, 5) is 10.1. The van der Waals surface area contributed by atoms with E-state index >= 15 is 0 Å². The van der Waals surface area contributed by atoms with Gasteiger partial charge in [-0.15, -0.1) is 0 Å². The molecule has 18 heavy (non-hydrogen) atoms. The summed E-state index contributed by atoms with van der Waals surface area (Å²) in [6.45, 7) is 0. The molecular weight excluding hydrogens is 266 g/mol. The average Bonchev–Trinajstić information content (AvgIpc) is 2.80. The van der Waals surface area contributed by atoms with Gasteiger partial charge in [-0.1, -0.05) is 11.8 Å². The highest BCUT2D eigenvalue weighted by Gasteiger charge is 2.17. The first-order chi connectivity index (χ1) is 8.81. The zero-order valence-electron chi connectivity index (χ0n) is 9.95. The Kier molecular flexibility index (Phi) is 3.05. The Labute approximate surface area is 113 Å². The molecular formula is C12H11N3OS2. The van der Waals surface area contributed by atoms with Crippen LogP contribution in [0.5, 0.6) is 5.75 Å². The molecule has 0 saturated carbocycles. The van der Waals surface area contributed by atoms with Crippen molar-refractivity contribution in [2.45, 2.75) is 10.1 Å². The molecule has 0 saturated heterocycles. The molecule has 0 atom stereocenters. The number of hydrogen-bond acceptors (Lipinski definition) is 5. The van der Waals surface area contributed by atoms with Crippen molar-refractivity contribution in [2.75, 3.05) is 13.4 Å². The molecule has 3 rings (SSSR count). The van der Waals surface area contributed by atoms with E-state index < -0.39 is 0 Å². The SMILES string of the molecule is COc1ccc2c(c1)N=C(SC)n1ccnc1S2. The van der Waals surface area contributed by atoms with Crippen molar-refractivity contribution in [3.63, 3.8) is 0 Å². The Bertz CT molecular complexity index is 622. The predicted molar refractivity (Wildman–Crippen MR) is 75.4 cm³/mol. The second-order valence-corrected chi connectivity index (χ2v) is 5.40. The number of methoxy groups -OCH3 is 1. The Hall–Kier alpha value is -1.40. The largest absolute Gasteiger partial charge is 0.497 e. The molecule has 2 aromatic rings. The summed E-state index contributed by atoms with van der Waals surface area (Å²) in [7, 11) is 1.66. The Morgan fingerprint density at radius 2 is 2.28 bits per heavy atom. The summed E-state index contributed by atoms with van der Waals surface area (Å²) >= 11 is 3.22. The maximum absolute atomic E-state index is 5.24. The van der Waals surface area contributed by atoms with Crippen molar-refractivity contribution in [1.82, 2.24) is 9.55 Å². The van der Waals surface area contributed by atoms with E-state index in [-0.39, 0.29) is 0 Å². The van der Waals surface area contributed by atoms with E-state index in [9.17, 15) is 0 Å². The third-order valence-corrected chi connectivity index (χ3v) is 4.28. The number of hydrogen-bond donors (Lipinski definition) is 0. The van der Waals surface area contributed by atoms with Gasteiger partial charge < -0.3 is 4.74 Å². The summed E-state index contributed by atoms with van der Waals surface area (Å²) < 4.78 is 7.24. The first kappa shape index (κ1) is 11.7. The van der Waals surface area contributed by atoms with Gasteiger partial charge in [-0.3, -0.25) is 4.57 Å². The number of ether oxygens (including phenoxy) is 1. The van der Waals surface area contributed by atoms with E-state index in [0.717, 1.165) is 26.7 Å². The quantitative estimate of drug-likeness (QED) is 0.802. The molecule has 6 heteroatoms. The summed E-state index contributed by atoms with van der Waals surface area (Å²) in [6.07, 6.45) is 5.74. The normalized spacial score (nSPS) is 13.3. The summed E-state index contributed by atoms with van der Waals surface area (Å²) in [5, 5.41) is 1.86. The van der Waals surface area contributed by atoms with Gasteiger partial charge >= 0.3 is 0 Å². The van der Waals surface area contributed by atoms with Crippen LogP contribution in [0.25, 0.3) is 0 Å². The van der Waals surface area contributed by atoms with E-state index in [1.165, 1.54) is 0 Å². The Morgan fingerprint density at radius 1 is 1.39 bits per heavy atom. The predicted octanol–water partition coefficient (Wildman–Crippen LogP) is 3.26. The Morgan fingerprint density at radius 3 is 3.06 bits per heavy atom. The highest BCUT2D eigenvalue weighted by Crippen LogP contribution is 2.39. The highest BCUT2D eigenvalue weighted by molar-refractivity contribution is 8.13. The number of fused-ring (bicyclic) bond motifs is 2. The number of rotatable bonds is 1. The van der Waals surface area contributed by atoms with E-state index in [4.69, 9.17) is 4.74 Å². The zero-order valence-corrected chi connectivity index (χ0v) is 11.6. The van der Waals surface area contributed by atoms with Gasteiger partial charge in [0.2, 0.25) is 0 Å². The van der Waals surface area contributed by atoms with Crippen molar-refractivity contribution >= 4 is 34.4 Å².